The summed E-state index contributed by atoms with van der Waals surface area (Å²) in [6, 6.07) is 16.1. The third kappa shape index (κ3) is 6.12. The van der Waals surface area contributed by atoms with Crippen molar-refractivity contribution in [3.8, 4) is 11.8 Å². The standard InChI is InChI=1S/C22H21NO4/c1-3-17-4-9-19(10-5-17)22(25)16(2)27-21(24)13-8-18-6-11-20(12-7-18)26-15-14-23/h4-13,16H,3,15H2,1-2H3/b13-8+. The zero-order valence-electron chi connectivity index (χ0n) is 15.3. The molecule has 5 nitrogen and oxygen atoms in total. The molecule has 0 saturated carbocycles. The molecule has 1 unspecified atom stereocenters. The van der Waals surface area contributed by atoms with Gasteiger partial charge < -0.3 is 9.47 Å². The summed E-state index contributed by atoms with van der Waals surface area (Å²) in [6.45, 7) is 3.58. The fraction of sp³-hybridized carbons (Fsp3) is 0.227. The third-order valence-electron chi connectivity index (χ3n) is 3.90. The Balaban J connectivity index is 1.90. The highest BCUT2D eigenvalue weighted by molar-refractivity contribution is 6.01. The Morgan fingerprint density at radius 1 is 1.11 bits per heavy atom. The van der Waals surface area contributed by atoms with E-state index in [2.05, 4.69) is 0 Å². The number of carbonyl (C=O) groups is 2. The second-order valence-corrected chi connectivity index (χ2v) is 5.84. The minimum absolute atomic E-state index is 0.0192. The van der Waals surface area contributed by atoms with Crippen LogP contribution in [0.3, 0.4) is 0 Å². The molecule has 2 aromatic rings. The molecule has 0 aromatic heterocycles. The Kier molecular flexibility index (Phi) is 7.33. The van der Waals surface area contributed by atoms with Crippen molar-refractivity contribution in [1.29, 1.82) is 5.26 Å². The van der Waals surface area contributed by atoms with Gasteiger partial charge in [0.1, 0.15) is 11.8 Å². The number of rotatable bonds is 8. The summed E-state index contributed by atoms with van der Waals surface area (Å²) in [4.78, 5) is 24.3. The minimum Gasteiger partial charge on any atom is -0.479 e. The number of esters is 1. The molecule has 0 heterocycles. The van der Waals surface area contributed by atoms with E-state index in [1.807, 2.05) is 25.1 Å². The van der Waals surface area contributed by atoms with Crippen LogP contribution in [0.1, 0.15) is 35.3 Å². The van der Waals surface area contributed by atoms with Crippen LogP contribution in [0.25, 0.3) is 6.08 Å². The van der Waals surface area contributed by atoms with Gasteiger partial charge in [-0.2, -0.15) is 5.26 Å². The van der Waals surface area contributed by atoms with Gasteiger partial charge in [0.2, 0.25) is 5.78 Å². The molecule has 0 fully saturated rings. The van der Waals surface area contributed by atoms with Gasteiger partial charge in [-0.25, -0.2) is 4.79 Å². The molecule has 0 saturated heterocycles. The summed E-state index contributed by atoms with van der Waals surface area (Å²) in [5.41, 5.74) is 2.43. The minimum atomic E-state index is -0.864. The Hall–Kier alpha value is -3.39. The lowest BCUT2D eigenvalue weighted by molar-refractivity contribution is -0.140. The van der Waals surface area contributed by atoms with E-state index in [4.69, 9.17) is 14.7 Å². The first-order valence-corrected chi connectivity index (χ1v) is 8.65. The van der Waals surface area contributed by atoms with Crippen LogP contribution in [0.2, 0.25) is 0 Å². The number of nitriles is 1. The fourth-order valence-electron chi connectivity index (χ4n) is 2.36. The number of Topliss-reactive ketones (excluding diaryl/α,β-unsaturated/α-hetero) is 1. The van der Waals surface area contributed by atoms with Gasteiger partial charge in [-0.15, -0.1) is 0 Å². The number of hydrogen-bond donors (Lipinski definition) is 0. The van der Waals surface area contributed by atoms with Crippen molar-refractivity contribution < 1.29 is 19.1 Å². The van der Waals surface area contributed by atoms with Gasteiger partial charge in [0.05, 0.1) is 0 Å². The van der Waals surface area contributed by atoms with Gasteiger partial charge in [-0.3, -0.25) is 4.79 Å². The second kappa shape index (κ2) is 9.93. The van der Waals surface area contributed by atoms with Crippen molar-refractivity contribution >= 4 is 17.8 Å². The van der Waals surface area contributed by atoms with Gasteiger partial charge in [-0.1, -0.05) is 43.3 Å². The molecule has 138 valence electrons. The van der Waals surface area contributed by atoms with E-state index >= 15 is 0 Å². The van der Waals surface area contributed by atoms with Crippen LogP contribution in [0.4, 0.5) is 0 Å². The molecule has 1 atom stereocenters. The van der Waals surface area contributed by atoms with E-state index in [1.54, 1.807) is 49.4 Å². The lowest BCUT2D eigenvalue weighted by atomic mass is 10.0. The van der Waals surface area contributed by atoms with Gasteiger partial charge in [0.15, 0.2) is 12.7 Å². The summed E-state index contributed by atoms with van der Waals surface area (Å²) in [7, 11) is 0. The van der Waals surface area contributed by atoms with E-state index in [0.29, 0.717) is 11.3 Å². The molecular weight excluding hydrogens is 342 g/mol. The molecular formula is C22H21NO4. The van der Waals surface area contributed by atoms with Gasteiger partial charge >= 0.3 is 5.97 Å². The number of nitrogens with zero attached hydrogens (tertiary/aromatic N) is 1. The number of ketones is 1. The average Bonchev–Trinajstić information content (AvgIpc) is 2.71. The Labute approximate surface area is 158 Å². The summed E-state index contributed by atoms with van der Waals surface area (Å²) < 4.78 is 10.3. The van der Waals surface area contributed by atoms with Crippen LogP contribution in [0.5, 0.6) is 5.75 Å². The van der Waals surface area contributed by atoms with E-state index in [1.165, 1.54) is 6.08 Å². The molecule has 5 heteroatoms. The lowest BCUT2D eigenvalue weighted by Gasteiger charge is -2.11. The molecule has 27 heavy (non-hydrogen) atoms. The highest BCUT2D eigenvalue weighted by Crippen LogP contribution is 2.14. The molecule has 0 aliphatic rings. The van der Waals surface area contributed by atoms with Crippen molar-refractivity contribution in [3.05, 3.63) is 71.3 Å². The van der Waals surface area contributed by atoms with Crippen molar-refractivity contribution in [3.63, 3.8) is 0 Å². The molecule has 0 bridgehead atoms. The van der Waals surface area contributed by atoms with E-state index in [9.17, 15) is 9.59 Å². The molecule has 0 aliphatic carbocycles. The largest absolute Gasteiger partial charge is 0.479 e. The van der Waals surface area contributed by atoms with E-state index in [-0.39, 0.29) is 12.4 Å². The van der Waals surface area contributed by atoms with Crippen LogP contribution in [0, 0.1) is 11.3 Å². The Bertz CT molecular complexity index is 845. The number of carbonyl (C=O) groups excluding carboxylic acids is 2. The lowest BCUT2D eigenvalue weighted by Crippen LogP contribution is -2.23. The maximum atomic E-state index is 12.3. The third-order valence-corrected chi connectivity index (χ3v) is 3.90. The molecule has 0 spiro atoms. The Morgan fingerprint density at radius 3 is 2.37 bits per heavy atom. The second-order valence-electron chi connectivity index (χ2n) is 5.84. The van der Waals surface area contributed by atoms with Gasteiger partial charge in [-0.05, 0) is 42.7 Å². The predicted molar refractivity (Wildman–Crippen MR) is 102 cm³/mol. The van der Waals surface area contributed by atoms with Crippen LogP contribution in [-0.2, 0) is 16.0 Å². The zero-order chi connectivity index (χ0) is 19.6. The molecule has 0 N–H and O–H groups in total. The maximum absolute atomic E-state index is 12.3. The summed E-state index contributed by atoms with van der Waals surface area (Å²) in [5, 5.41) is 8.47. The molecule has 2 aromatic carbocycles. The SMILES string of the molecule is CCc1ccc(C(=O)C(C)OC(=O)/C=C/c2ccc(OCC#N)cc2)cc1. The van der Waals surface area contributed by atoms with Gasteiger partial charge in [0.25, 0.3) is 0 Å². The summed E-state index contributed by atoms with van der Waals surface area (Å²) in [6.07, 6.45) is 2.89. The number of aryl methyl sites for hydroxylation is 1. The fourth-order valence-corrected chi connectivity index (χ4v) is 2.36. The normalized spacial score (nSPS) is 11.6. The number of benzene rings is 2. The highest BCUT2D eigenvalue weighted by atomic mass is 16.5. The zero-order valence-corrected chi connectivity index (χ0v) is 15.3. The predicted octanol–water partition coefficient (Wildman–Crippen LogP) is 3.98. The molecule has 0 aliphatic heterocycles. The topological polar surface area (TPSA) is 76.4 Å². The Morgan fingerprint density at radius 2 is 1.78 bits per heavy atom. The van der Waals surface area contributed by atoms with Crippen molar-refractivity contribution in [2.75, 3.05) is 6.61 Å². The van der Waals surface area contributed by atoms with Crippen LogP contribution in [0.15, 0.2) is 54.6 Å². The molecule has 2 rings (SSSR count). The van der Waals surface area contributed by atoms with Gasteiger partial charge in [0, 0.05) is 11.6 Å². The average molecular weight is 363 g/mol. The quantitative estimate of drug-likeness (QED) is 0.403. The van der Waals surface area contributed by atoms with Crippen LogP contribution < -0.4 is 4.74 Å². The van der Waals surface area contributed by atoms with Crippen LogP contribution in [-0.4, -0.2) is 24.5 Å². The molecule has 0 radical (unpaired) electrons. The molecule has 0 amide bonds. The highest BCUT2D eigenvalue weighted by Gasteiger charge is 2.18. The number of ether oxygens (including phenoxy) is 2. The van der Waals surface area contributed by atoms with Crippen molar-refractivity contribution in [1.82, 2.24) is 0 Å². The summed E-state index contributed by atoms with van der Waals surface area (Å²) >= 11 is 0. The smallest absolute Gasteiger partial charge is 0.331 e. The first-order valence-electron chi connectivity index (χ1n) is 8.65. The summed E-state index contributed by atoms with van der Waals surface area (Å²) in [5.74, 6) is -0.256. The van der Waals surface area contributed by atoms with Crippen LogP contribution >= 0.6 is 0 Å². The number of hydrogen-bond acceptors (Lipinski definition) is 5. The first kappa shape index (κ1) is 19.9. The first-order chi connectivity index (χ1) is 13.0. The monoisotopic (exact) mass is 363 g/mol. The van der Waals surface area contributed by atoms with Crippen molar-refractivity contribution in [2.24, 2.45) is 0 Å². The van der Waals surface area contributed by atoms with Crippen molar-refractivity contribution in [2.45, 2.75) is 26.4 Å². The van der Waals surface area contributed by atoms with E-state index in [0.717, 1.165) is 17.5 Å². The van der Waals surface area contributed by atoms with E-state index < -0.39 is 12.1 Å². The maximum Gasteiger partial charge on any atom is 0.331 e.